The van der Waals surface area contributed by atoms with E-state index in [-0.39, 0.29) is 5.82 Å². The maximum atomic E-state index is 13.5. The van der Waals surface area contributed by atoms with Gasteiger partial charge in [-0.3, -0.25) is 0 Å². The lowest BCUT2D eigenvalue weighted by atomic mass is 10.1. The zero-order valence-electron chi connectivity index (χ0n) is 12.3. The van der Waals surface area contributed by atoms with Gasteiger partial charge in [-0.2, -0.15) is 5.26 Å². The molecule has 1 aromatic heterocycles. The average molecular weight is 301 g/mol. The predicted molar refractivity (Wildman–Crippen MR) is 77.8 cm³/mol. The van der Waals surface area contributed by atoms with E-state index >= 15 is 0 Å². The molecule has 0 saturated heterocycles. The maximum absolute atomic E-state index is 13.5. The average Bonchev–Trinajstić information content (AvgIpc) is 2.95. The van der Waals surface area contributed by atoms with Crippen LogP contribution >= 0.6 is 0 Å². The second-order valence-corrected chi connectivity index (χ2v) is 5.14. The molecular formula is C15H16FN5O. The topological polar surface area (TPSA) is 67.0 Å². The molecule has 0 amide bonds. The van der Waals surface area contributed by atoms with Gasteiger partial charge in [-0.15, -0.1) is 5.10 Å². The smallest absolute Gasteiger partial charge is 0.125 e. The summed E-state index contributed by atoms with van der Waals surface area (Å²) >= 11 is 0. The van der Waals surface area contributed by atoms with Crippen LogP contribution in [0.3, 0.4) is 0 Å². The Hall–Kier alpha value is -2.46. The SMILES string of the molecule is COCCn1nnc2c1CCN(c1cc(F)ccc1C#N)C2. The minimum absolute atomic E-state index is 0.344. The van der Waals surface area contributed by atoms with Crippen molar-refractivity contribution in [3.05, 3.63) is 41.0 Å². The number of rotatable bonds is 4. The van der Waals surface area contributed by atoms with E-state index in [1.54, 1.807) is 7.11 Å². The van der Waals surface area contributed by atoms with Gasteiger partial charge in [-0.1, -0.05) is 5.21 Å². The molecule has 7 heteroatoms. The number of benzene rings is 1. The molecule has 0 N–H and O–H groups in total. The number of hydrogen-bond donors (Lipinski definition) is 0. The summed E-state index contributed by atoms with van der Waals surface area (Å²) in [5.41, 5.74) is 3.04. The van der Waals surface area contributed by atoms with E-state index in [9.17, 15) is 9.65 Å². The molecule has 2 heterocycles. The summed E-state index contributed by atoms with van der Waals surface area (Å²) in [5, 5.41) is 17.5. The minimum atomic E-state index is -0.344. The number of methoxy groups -OCH3 is 1. The molecule has 22 heavy (non-hydrogen) atoms. The van der Waals surface area contributed by atoms with Crippen molar-refractivity contribution in [1.82, 2.24) is 15.0 Å². The van der Waals surface area contributed by atoms with Gasteiger partial charge in [0.2, 0.25) is 0 Å². The Balaban J connectivity index is 1.85. The molecule has 0 bridgehead atoms. The maximum Gasteiger partial charge on any atom is 0.125 e. The van der Waals surface area contributed by atoms with Crippen molar-refractivity contribution in [1.29, 1.82) is 5.26 Å². The van der Waals surface area contributed by atoms with Gasteiger partial charge in [-0.25, -0.2) is 9.07 Å². The van der Waals surface area contributed by atoms with E-state index in [1.165, 1.54) is 18.2 Å². The van der Waals surface area contributed by atoms with Crippen LogP contribution in [0.2, 0.25) is 0 Å². The summed E-state index contributed by atoms with van der Waals surface area (Å²) in [6, 6.07) is 6.33. The van der Waals surface area contributed by atoms with Crippen molar-refractivity contribution in [3.8, 4) is 6.07 Å². The van der Waals surface area contributed by atoms with Gasteiger partial charge in [0.05, 0.1) is 36.6 Å². The number of ether oxygens (including phenoxy) is 1. The van der Waals surface area contributed by atoms with Crippen molar-refractivity contribution < 1.29 is 9.13 Å². The second-order valence-electron chi connectivity index (χ2n) is 5.14. The molecule has 3 rings (SSSR count). The van der Waals surface area contributed by atoms with Crippen LogP contribution in [0.1, 0.15) is 17.0 Å². The lowest BCUT2D eigenvalue weighted by molar-refractivity contribution is 0.181. The highest BCUT2D eigenvalue weighted by Crippen LogP contribution is 2.27. The Bertz CT molecular complexity index is 721. The van der Waals surface area contributed by atoms with Crippen LogP contribution in [-0.4, -0.2) is 35.3 Å². The number of aromatic nitrogens is 3. The van der Waals surface area contributed by atoms with Crippen LogP contribution in [0.25, 0.3) is 0 Å². The van der Waals surface area contributed by atoms with Crippen molar-refractivity contribution in [2.24, 2.45) is 0 Å². The van der Waals surface area contributed by atoms with E-state index in [2.05, 4.69) is 16.4 Å². The van der Waals surface area contributed by atoms with Crippen molar-refractivity contribution in [3.63, 3.8) is 0 Å². The fraction of sp³-hybridized carbons (Fsp3) is 0.400. The predicted octanol–water partition coefficient (Wildman–Crippen LogP) is 1.50. The summed E-state index contributed by atoms with van der Waals surface area (Å²) in [6.45, 7) is 2.48. The first kappa shape index (κ1) is 14.5. The number of fused-ring (bicyclic) bond motifs is 1. The first-order chi connectivity index (χ1) is 10.7. The van der Waals surface area contributed by atoms with Crippen LogP contribution in [0.5, 0.6) is 0 Å². The quantitative estimate of drug-likeness (QED) is 0.856. The highest BCUT2D eigenvalue weighted by atomic mass is 19.1. The molecule has 0 saturated carbocycles. The van der Waals surface area contributed by atoms with Gasteiger partial charge in [0.1, 0.15) is 17.6 Å². The second kappa shape index (κ2) is 6.12. The largest absolute Gasteiger partial charge is 0.383 e. The van der Waals surface area contributed by atoms with Gasteiger partial charge in [0, 0.05) is 20.1 Å². The fourth-order valence-electron chi connectivity index (χ4n) is 2.69. The van der Waals surface area contributed by atoms with Crippen LogP contribution in [0.4, 0.5) is 10.1 Å². The van der Waals surface area contributed by atoms with Crippen molar-refractivity contribution in [2.45, 2.75) is 19.5 Å². The van der Waals surface area contributed by atoms with Gasteiger partial charge >= 0.3 is 0 Å². The van der Waals surface area contributed by atoms with Crippen LogP contribution in [-0.2, 0) is 24.2 Å². The number of nitrogens with zero attached hydrogens (tertiary/aromatic N) is 5. The lowest BCUT2D eigenvalue weighted by Gasteiger charge is -2.29. The normalized spacial score (nSPS) is 13.8. The summed E-state index contributed by atoms with van der Waals surface area (Å²) in [6.07, 6.45) is 0.757. The van der Waals surface area contributed by atoms with E-state index < -0.39 is 0 Å². The van der Waals surface area contributed by atoms with Gasteiger partial charge in [0.25, 0.3) is 0 Å². The Morgan fingerprint density at radius 3 is 3.09 bits per heavy atom. The van der Waals surface area contributed by atoms with Crippen molar-refractivity contribution >= 4 is 5.69 Å². The Kier molecular flexibility index (Phi) is 4.02. The fourth-order valence-corrected chi connectivity index (χ4v) is 2.69. The molecule has 0 atom stereocenters. The summed E-state index contributed by atoms with van der Waals surface area (Å²) in [4.78, 5) is 1.97. The number of anilines is 1. The molecule has 1 aliphatic heterocycles. The third-order valence-corrected chi connectivity index (χ3v) is 3.81. The number of hydrogen-bond acceptors (Lipinski definition) is 5. The van der Waals surface area contributed by atoms with E-state index in [4.69, 9.17) is 4.74 Å². The molecule has 0 aliphatic carbocycles. The van der Waals surface area contributed by atoms with Gasteiger partial charge in [-0.05, 0) is 18.2 Å². The van der Waals surface area contributed by atoms with Crippen LogP contribution in [0, 0.1) is 17.1 Å². The molecule has 0 radical (unpaired) electrons. The molecule has 1 aromatic carbocycles. The molecule has 6 nitrogen and oxygen atoms in total. The highest BCUT2D eigenvalue weighted by molar-refractivity contribution is 5.60. The monoisotopic (exact) mass is 301 g/mol. The first-order valence-electron chi connectivity index (χ1n) is 7.07. The molecule has 114 valence electrons. The molecule has 0 spiro atoms. The molecular weight excluding hydrogens is 285 g/mol. The molecule has 2 aromatic rings. The standard InChI is InChI=1S/C15H16FN5O/c1-22-7-6-21-14-4-5-20(10-13(14)18-19-21)15-8-12(16)3-2-11(15)9-17/h2-3,8H,4-7,10H2,1H3. The number of halogens is 1. The van der Waals surface area contributed by atoms with E-state index in [0.717, 1.165) is 17.8 Å². The van der Waals surface area contributed by atoms with Gasteiger partial charge in [0.15, 0.2) is 0 Å². The van der Waals surface area contributed by atoms with E-state index in [0.29, 0.717) is 37.5 Å². The third kappa shape index (κ3) is 2.65. The Morgan fingerprint density at radius 1 is 1.45 bits per heavy atom. The highest BCUT2D eigenvalue weighted by Gasteiger charge is 2.24. The first-order valence-corrected chi connectivity index (χ1v) is 7.07. The van der Waals surface area contributed by atoms with Gasteiger partial charge < -0.3 is 9.64 Å². The van der Waals surface area contributed by atoms with Crippen LogP contribution in [0.15, 0.2) is 18.2 Å². The molecule has 1 aliphatic rings. The number of nitriles is 1. The summed E-state index contributed by atoms with van der Waals surface area (Å²) < 4.78 is 20.4. The molecule has 0 fully saturated rings. The van der Waals surface area contributed by atoms with Crippen LogP contribution < -0.4 is 4.90 Å². The summed E-state index contributed by atoms with van der Waals surface area (Å²) in [7, 11) is 1.65. The minimum Gasteiger partial charge on any atom is -0.383 e. The molecule has 0 unspecified atom stereocenters. The zero-order valence-corrected chi connectivity index (χ0v) is 12.3. The Labute approximate surface area is 127 Å². The van der Waals surface area contributed by atoms with E-state index in [1.807, 2.05) is 9.58 Å². The van der Waals surface area contributed by atoms with Crippen molar-refractivity contribution in [2.75, 3.05) is 25.2 Å². The summed E-state index contributed by atoms with van der Waals surface area (Å²) in [5.74, 6) is -0.344. The zero-order chi connectivity index (χ0) is 15.5. The third-order valence-electron chi connectivity index (χ3n) is 3.81. The Morgan fingerprint density at radius 2 is 2.32 bits per heavy atom. The lowest BCUT2D eigenvalue weighted by Crippen LogP contribution is -2.32.